The summed E-state index contributed by atoms with van der Waals surface area (Å²) in [7, 11) is 0. The minimum atomic E-state index is -0.834. The quantitative estimate of drug-likeness (QED) is 0.458. The molecule has 0 bridgehead atoms. The van der Waals surface area contributed by atoms with Crippen molar-refractivity contribution in [1.82, 2.24) is 5.32 Å². The number of carbonyl (C=O) groups is 1. The summed E-state index contributed by atoms with van der Waals surface area (Å²) in [5.74, 6) is 0. The maximum absolute atomic E-state index is 10.8. The first kappa shape index (κ1) is 9.57. The molecule has 0 aromatic carbocycles. The van der Waals surface area contributed by atoms with Gasteiger partial charge in [-0.2, -0.15) is 0 Å². The van der Waals surface area contributed by atoms with Crippen LogP contribution in [0, 0.1) is 5.41 Å². The van der Waals surface area contributed by atoms with E-state index in [9.17, 15) is 4.79 Å². The number of hydrogen-bond donors (Lipinski definition) is 2. The standard InChI is InChI=1S/C7H12N2O2S/c1-7(3-10,6(8)12)5-2-9-4-11-5/h3,5,9H,2,4H2,1H3,(H2,8,12). The molecular weight excluding hydrogens is 176 g/mol. The Morgan fingerprint density at radius 2 is 2.58 bits per heavy atom. The highest BCUT2D eigenvalue weighted by molar-refractivity contribution is 7.80. The van der Waals surface area contributed by atoms with E-state index in [0.717, 1.165) is 6.29 Å². The third-order valence-corrected chi connectivity index (χ3v) is 2.60. The molecular formula is C7H12N2O2S. The molecule has 1 fully saturated rings. The first-order chi connectivity index (χ1) is 5.61. The summed E-state index contributed by atoms with van der Waals surface area (Å²) in [5.41, 5.74) is 4.62. The molecule has 1 saturated heterocycles. The predicted molar refractivity (Wildman–Crippen MR) is 48.7 cm³/mol. The van der Waals surface area contributed by atoms with Crippen molar-refractivity contribution < 1.29 is 9.53 Å². The lowest BCUT2D eigenvalue weighted by atomic mass is 9.86. The Hall–Kier alpha value is -0.520. The molecule has 0 amide bonds. The van der Waals surface area contributed by atoms with Crippen LogP contribution >= 0.6 is 12.2 Å². The summed E-state index contributed by atoms with van der Waals surface area (Å²) in [6, 6.07) is 0. The van der Waals surface area contributed by atoms with Gasteiger partial charge in [0, 0.05) is 6.54 Å². The second-order valence-corrected chi connectivity index (χ2v) is 3.46. The summed E-state index contributed by atoms with van der Waals surface area (Å²) in [6.45, 7) is 2.77. The van der Waals surface area contributed by atoms with E-state index in [4.69, 9.17) is 22.7 Å². The molecule has 1 aliphatic rings. The number of carbonyl (C=O) groups excluding carboxylic acids is 1. The first-order valence-electron chi connectivity index (χ1n) is 3.70. The average Bonchev–Trinajstić information content (AvgIpc) is 2.54. The highest BCUT2D eigenvalue weighted by Crippen LogP contribution is 2.23. The Morgan fingerprint density at radius 3 is 2.92 bits per heavy atom. The predicted octanol–water partition coefficient (Wildman–Crippen LogP) is -0.576. The topological polar surface area (TPSA) is 64.4 Å². The Kier molecular flexibility index (Phi) is 2.76. The number of aldehydes is 1. The van der Waals surface area contributed by atoms with Gasteiger partial charge in [-0.15, -0.1) is 0 Å². The van der Waals surface area contributed by atoms with Gasteiger partial charge >= 0.3 is 0 Å². The van der Waals surface area contributed by atoms with Crippen molar-refractivity contribution in [3.05, 3.63) is 0 Å². The molecule has 0 spiro atoms. The highest BCUT2D eigenvalue weighted by atomic mass is 32.1. The molecule has 0 saturated carbocycles. The van der Waals surface area contributed by atoms with Crippen LogP contribution in [0.5, 0.6) is 0 Å². The van der Waals surface area contributed by atoms with Crippen LogP contribution < -0.4 is 11.1 Å². The molecule has 0 radical (unpaired) electrons. The molecule has 1 aliphatic heterocycles. The lowest BCUT2D eigenvalue weighted by Gasteiger charge is -2.26. The van der Waals surface area contributed by atoms with Gasteiger partial charge in [-0.1, -0.05) is 12.2 Å². The number of rotatable bonds is 3. The van der Waals surface area contributed by atoms with Crippen LogP contribution in [-0.4, -0.2) is 30.7 Å². The number of ether oxygens (including phenoxy) is 1. The summed E-state index contributed by atoms with van der Waals surface area (Å²) < 4.78 is 5.26. The van der Waals surface area contributed by atoms with Gasteiger partial charge in [0.05, 0.1) is 17.8 Å². The van der Waals surface area contributed by atoms with E-state index in [-0.39, 0.29) is 11.1 Å². The molecule has 5 heteroatoms. The zero-order valence-electron chi connectivity index (χ0n) is 6.87. The van der Waals surface area contributed by atoms with Crippen molar-refractivity contribution in [2.75, 3.05) is 13.3 Å². The molecule has 0 aliphatic carbocycles. The molecule has 0 aromatic heterocycles. The van der Waals surface area contributed by atoms with Gasteiger partial charge in [-0.05, 0) is 6.92 Å². The van der Waals surface area contributed by atoms with E-state index in [2.05, 4.69) is 5.32 Å². The van der Waals surface area contributed by atoms with Crippen molar-refractivity contribution >= 4 is 23.5 Å². The molecule has 4 nitrogen and oxygen atoms in total. The molecule has 1 heterocycles. The second kappa shape index (κ2) is 3.47. The third kappa shape index (κ3) is 1.48. The molecule has 0 aromatic rings. The Labute approximate surface area is 76.4 Å². The van der Waals surface area contributed by atoms with Gasteiger partial charge in [-0.3, -0.25) is 5.32 Å². The Balaban J connectivity index is 2.77. The van der Waals surface area contributed by atoms with Crippen LogP contribution in [0.2, 0.25) is 0 Å². The van der Waals surface area contributed by atoms with Crippen LogP contribution in [-0.2, 0) is 9.53 Å². The minimum absolute atomic E-state index is 0.186. The third-order valence-electron chi connectivity index (χ3n) is 2.16. The van der Waals surface area contributed by atoms with Gasteiger partial charge in [0.25, 0.3) is 0 Å². The zero-order valence-corrected chi connectivity index (χ0v) is 7.69. The smallest absolute Gasteiger partial charge is 0.135 e. The van der Waals surface area contributed by atoms with Crippen molar-refractivity contribution in [2.45, 2.75) is 13.0 Å². The fourth-order valence-corrected chi connectivity index (χ4v) is 1.27. The highest BCUT2D eigenvalue weighted by Gasteiger charge is 2.39. The van der Waals surface area contributed by atoms with Crippen LogP contribution in [0.1, 0.15) is 6.92 Å². The van der Waals surface area contributed by atoms with E-state index in [0.29, 0.717) is 13.3 Å². The monoisotopic (exact) mass is 188 g/mol. The molecule has 2 unspecified atom stereocenters. The van der Waals surface area contributed by atoms with Gasteiger partial charge in [0.1, 0.15) is 11.7 Å². The fourth-order valence-electron chi connectivity index (χ4n) is 1.09. The number of hydrogen-bond acceptors (Lipinski definition) is 4. The average molecular weight is 188 g/mol. The van der Waals surface area contributed by atoms with Crippen LogP contribution in [0.3, 0.4) is 0 Å². The summed E-state index contributed by atoms with van der Waals surface area (Å²) >= 11 is 4.80. The molecule has 1 rings (SSSR count). The summed E-state index contributed by atoms with van der Waals surface area (Å²) in [5, 5.41) is 2.97. The van der Waals surface area contributed by atoms with Crippen LogP contribution in [0.4, 0.5) is 0 Å². The number of nitrogens with two attached hydrogens (primary N) is 1. The van der Waals surface area contributed by atoms with E-state index in [1.165, 1.54) is 0 Å². The number of thiocarbonyl (C=S) groups is 1. The molecule has 3 N–H and O–H groups in total. The molecule has 12 heavy (non-hydrogen) atoms. The summed E-state index contributed by atoms with van der Waals surface area (Å²) in [4.78, 5) is 11.0. The van der Waals surface area contributed by atoms with Gasteiger partial charge < -0.3 is 15.3 Å². The SMILES string of the molecule is CC(C=O)(C(N)=S)C1CNCO1. The summed E-state index contributed by atoms with van der Waals surface area (Å²) in [6.07, 6.45) is 0.528. The van der Waals surface area contributed by atoms with E-state index in [1.807, 2.05) is 0 Å². The Morgan fingerprint density at radius 1 is 1.92 bits per heavy atom. The Bertz CT molecular complexity index is 204. The zero-order chi connectivity index (χ0) is 9.19. The maximum atomic E-state index is 10.8. The lowest BCUT2D eigenvalue weighted by Crippen LogP contribution is -2.46. The fraction of sp³-hybridized carbons (Fsp3) is 0.714. The van der Waals surface area contributed by atoms with Crippen molar-refractivity contribution in [1.29, 1.82) is 0 Å². The minimum Gasteiger partial charge on any atom is -0.392 e. The van der Waals surface area contributed by atoms with E-state index >= 15 is 0 Å². The van der Waals surface area contributed by atoms with Crippen LogP contribution in [0.25, 0.3) is 0 Å². The normalized spacial score (nSPS) is 27.9. The van der Waals surface area contributed by atoms with Crippen molar-refractivity contribution in [2.24, 2.45) is 11.1 Å². The number of nitrogens with one attached hydrogen (secondary N) is 1. The second-order valence-electron chi connectivity index (χ2n) is 3.02. The van der Waals surface area contributed by atoms with Gasteiger partial charge in [0.2, 0.25) is 0 Å². The first-order valence-corrected chi connectivity index (χ1v) is 4.10. The molecule has 68 valence electrons. The van der Waals surface area contributed by atoms with E-state index < -0.39 is 5.41 Å². The van der Waals surface area contributed by atoms with Crippen molar-refractivity contribution in [3.63, 3.8) is 0 Å². The van der Waals surface area contributed by atoms with Gasteiger partial charge in [-0.25, -0.2) is 0 Å². The van der Waals surface area contributed by atoms with E-state index in [1.54, 1.807) is 6.92 Å². The largest absolute Gasteiger partial charge is 0.392 e. The molecule has 2 atom stereocenters. The van der Waals surface area contributed by atoms with Crippen LogP contribution in [0.15, 0.2) is 0 Å². The maximum Gasteiger partial charge on any atom is 0.135 e. The lowest BCUT2D eigenvalue weighted by molar-refractivity contribution is -0.116. The van der Waals surface area contributed by atoms with Crippen molar-refractivity contribution in [3.8, 4) is 0 Å². The van der Waals surface area contributed by atoms with Gasteiger partial charge in [0.15, 0.2) is 0 Å².